The molecule has 1 atom stereocenters. The molecule has 1 aliphatic heterocycles. The molecule has 0 spiro atoms. The van der Waals surface area contributed by atoms with Crippen LogP contribution < -0.4 is 9.80 Å². The minimum absolute atomic E-state index is 0.0443. The SMILES string of the molecule is Cc1ccc2nc(N3C(=O)C(=O)/C(=C(/O)c4c[nH]c5ccccc45)C3c3ccc(N(C)C)cc3)sc2c1. The van der Waals surface area contributed by atoms with Gasteiger partial charge < -0.3 is 15.0 Å². The first kappa shape index (κ1) is 23.0. The molecule has 8 heteroatoms. The second-order valence-corrected chi connectivity index (χ2v) is 10.4. The van der Waals surface area contributed by atoms with Gasteiger partial charge in [0.05, 0.1) is 21.8 Å². The van der Waals surface area contributed by atoms with Crippen LogP contribution in [0.2, 0.25) is 0 Å². The standard InChI is InChI=1S/C29H24N4O3S/c1-16-8-13-22-23(14-16)37-29(31-22)33-25(17-9-11-18(12-10-17)32(2)3)24(27(35)28(33)36)26(34)20-15-30-21-7-5-4-6-19(20)21/h4-15,25,30,34H,1-3H3/b26-24+. The van der Waals surface area contributed by atoms with Crippen molar-refractivity contribution in [3.8, 4) is 0 Å². The smallest absolute Gasteiger partial charge is 0.301 e. The van der Waals surface area contributed by atoms with Crippen LogP contribution in [0.1, 0.15) is 22.7 Å². The zero-order chi connectivity index (χ0) is 25.8. The molecule has 1 saturated heterocycles. The number of aryl methyl sites for hydroxylation is 1. The fourth-order valence-electron chi connectivity index (χ4n) is 4.84. The van der Waals surface area contributed by atoms with Gasteiger partial charge in [-0.05, 0) is 48.4 Å². The number of carbonyl (C=O) groups excluding carboxylic acids is 2. The third-order valence-electron chi connectivity index (χ3n) is 6.75. The van der Waals surface area contributed by atoms with Gasteiger partial charge in [0.1, 0.15) is 5.76 Å². The number of nitrogens with one attached hydrogen (secondary N) is 1. The number of para-hydroxylation sites is 1. The maximum absolute atomic E-state index is 13.5. The lowest BCUT2D eigenvalue weighted by molar-refractivity contribution is -0.132. The topological polar surface area (TPSA) is 89.5 Å². The first-order chi connectivity index (χ1) is 17.8. The molecule has 0 bridgehead atoms. The highest BCUT2D eigenvalue weighted by Gasteiger charge is 2.48. The van der Waals surface area contributed by atoms with Crippen LogP contribution in [0.25, 0.3) is 26.9 Å². The predicted octanol–water partition coefficient (Wildman–Crippen LogP) is 5.78. The number of H-pyrrole nitrogens is 1. The van der Waals surface area contributed by atoms with Crippen molar-refractivity contribution in [3.63, 3.8) is 0 Å². The molecule has 0 aliphatic carbocycles. The summed E-state index contributed by atoms with van der Waals surface area (Å²) < 4.78 is 0.926. The van der Waals surface area contributed by atoms with Gasteiger partial charge in [-0.1, -0.05) is 47.7 Å². The van der Waals surface area contributed by atoms with E-state index in [9.17, 15) is 14.7 Å². The quantitative estimate of drug-likeness (QED) is 0.183. The van der Waals surface area contributed by atoms with Crippen LogP contribution in [-0.2, 0) is 9.59 Å². The van der Waals surface area contributed by atoms with Gasteiger partial charge >= 0.3 is 5.91 Å². The number of fused-ring (bicyclic) bond motifs is 2. The summed E-state index contributed by atoms with van der Waals surface area (Å²) in [5.41, 5.74) is 4.87. The van der Waals surface area contributed by atoms with Crippen LogP contribution >= 0.6 is 11.3 Å². The van der Waals surface area contributed by atoms with Gasteiger partial charge in [0.25, 0.3) is 5.78 Å². The van der Waals surface area contributed by atoms with Crippen molar-refractivity contribution in [2.24, 2.45) is 0 Å². The van der Waals surface area contributed by atoms with Crippen molar-refractivity contribution >= 4 is 60.7 Å². The van der Waals surface area contributed by atoms with E-state index in [0.717, 1.165) is 32.4 Å². The predicted molar refractivity (Wildman–Crippen MR) is 148 cm³/mol. The summed E-state index contributed by atoms with van der Waals surface area (Å²) >= 11 is 1.36. The largest absolute Gasteiger partial charge is 0.507 e. The second-order valence-electron chi connectivity index (χ2n) is 9.37. The number of rotatable bonds is 4. The molecule has 0 saturated carbocycles. The summed E-state index contributed by atoms with van der Waals surface area (Å²) in [6, 6.07) is 20.2. The molecule has 0 radical (unpaired) electrons. The molecule has 1 aliphatic rings. The minimum Gasteiger partial charge on any atom is -0.507 e. The number of aromatic amines is 1. The third kappa shape index (κ3) is 3.68. The van der Waals surface area contributed by atoms with E-state index in [4.69, 9.17) is 4.98 Å². The second kappa shape index (κ2) is 8.60. The van der Waals surface area contributed by atoms with Gasteiger partial charge in [-0.2, -0.15) is 0 Å². The Morgan fingerprint density at radius 2 is 1.81 bits per heavy atom. The highest BCUT2D eigenvalue weighted by Crippen LogP contribution is 2.45. The first-order valence-electron chi connectivity index (χ1n) is 11.9. The van der Waals surface area contributed by atoms with Crippen LogP contribution in [0.15, 0.2) is 78.5 Å². The summed E-state index contributed by atoms with van der Waals surface area (Å²) in [7, 11) is 3.89. The molecule has 5 aromatic rings. The summed E-state index contributed by atoms with van der Waals surface area (Å²) in [6.07, 6.45) is 1.67. The number of carbonyl (C=O) groups is 2. The van der Waals surface area contributed by atoms with E-state index in [1.807, 2.05) is 92.6 Å². The van der Waals surface area contributed by atoms with Crippen LogP contribution in [0.4, 0.5) is 10.8 Å². The van der Waals surface area contributed by atoms with E-state index in [1.165, 1.54) is 16.2 Å². The lowest BCUT2D eigenvalue weighted by Crippen LogP contribution is -2.29. The normalized spacial score (nSPS) is 17.3. The Balaban J connectivity index is 1.58. The van der Waals surface area contributed by atoms with Gasteiger partial charge in [0.15, 0.2) is 5.13 Å². The molecule has 3 heterocycles. The molecule has 1 fully saturated rings. The van der Waals surface area contributed by atoms with Gasteiger partial charge in [-0.3, -0.25) is 14.5 Å². The fraction of sp³-hybridized carbons (Fsp3) is 0.138. The highest BCUT2D eigenvalue weighted by atomic mass is 32.1. The van der Waals surface area contributed by atoms with E-state index >= 15 is 0 Å². The van der Waals surface area contributed by atoms with Gasteiger partial charge in [0.2, 0.25) is 0 Å². The minimum atomic E-state index is -0.827. The van der Waals surface area contributed by atoms with Crippen LogP contribution in [0, 0.1) is 6.92 Å². The zero-order valence-corrected chi connectivity index (χ0v) is 21.3. The molecule has 7 nitrogen and oxygen atoms in total. The van der Waals surface area contributed by atoms with E-state index in [1.54, 1.807) is 6.20 Å². The number of aliphatic hydroxyl groups is 1. The van der Waals surface area contributed by atoms with Crippen molar-refractivity contribution in [1.29, 1.82) is 0 Å². The van der Waals surface area contributed by atoms with Crippen LogP contribution in [0.5, 0.6) is 0 Å². The van der Waals surface area contributed by atoms with E-state index in [-0.39, 0.29) is 11.3 Å². The van der Waals surface area contributed by atoms with Gasteiger partial charge in [0, 0.05) is 42.4 Å². The van der Waals surface area contributed by atoms with E-state index < -0.39 is 17.7 Å². The van der Waals surface area contributed by atoms with Crippen LogP contribution in [-0.4, -0.2) is 40.9 Å². The number of ketones is 1. The molecule has 184 valence electrons. The molecule has 2 N–H and O–H groups in total. The molecule has 1 unspecified atom stereocenters. The molecular formula is C29H24N4O3S. The summed E-state index contributed by atoms with van der Waals surface area (Å²) in [5.74, 6) is -1.66. The number of thiazole rings is 1. The number of Topliss-reactive ketones (excluding diaryl/α,β-unsaturated/α-hetero) is 1. The van der Waals surface area contributed by atoms with E-state index in [2.05, 4.69) is 4.98 Å². The Hall–Kier alpha value is -4.43. The molecular weight excluding hydrogens is 484 g/mol. The lowest BCUT2D eigenvalue weighted by Gasteiger charge is -2.23. The summed E-state index contributed by atoms with van der Waals surface area (Å²) in [6.45, 7) is 2.00. The fourth-order valence-corrected chi connectivity index (χ4v) is 5.93. The monoisotopic (exact) mass is 508 g/mol. The highest BCUT2D eigenvalue weighted by molar-refractivity contribution is 7.22. The maximum Gasteiger partial charge on any atom is 0.301 e. The number of nitrogens with zero attached hydrogens (tertiary/aromatic N) is 3. The Bertz CT molecular complexity index is 1730. The molecule has 3 aromatic carbocycles. The molecule has 37 heavy (non-hydrogen) atoms. The van der Waals surface area contributed by atoms with E-state index in [0.29, 0.717) is 16.3 Å². The van der Waals surface area contributed by atoms with Crippen molar-refractivity contribution in [1.82, 2.24) is 9.97 Å². The number of aliphatic hydroxyl groups excluding tert-OH is 1. The number of hydrogen-bond acceptors (Lipinski definition) is 6. The number of anilines is 2. The summed E-state index contributed by atoms with van der Waals surface area (Å²) in [4.78, 5) is 38.3. The molecule has 1 amide bonds. The number of benzene rings is 3. The van der Waals surface area contributed by atoms with Crippen molar-refractivity contribution < 1.29 is 14.7 Å². The maximum atomic E-state index is 13.5. The van der Waals surface area contributed by atoms with Crippen molar-refractivity contribution in [3.05, 3.63) is 95.2 Å². The van der Waals surface area contributed by atoms with Crippen molar-refractivity contribution in [2.45, 2.75) is 13.0 Å². The number of aromatic nitrogens is 2. The number of amides is 1. The Morgan fingerprint density at radius 1 is 1.05 bits per heavy atom. The lowest BCUT2D eigenvalue weighted by atomic mass is 9.95. The van der Waals surface area contributed by atoms with Crippen LogP contribution in [0.3, 0.4) is 0 Å². The van der Waals surface area contributed by atoms with Gasteiger partial charge in [-0.15, -0.1) is 0 Å². The number of hydrogen-bond donors (Lipinski definition) is 2. The molecule has 6 rings (SSSR count). The summed E-state index contributed by atoms with van der Waals surface area (Å²) in [5, 5.41) is 12.7. The average Bonchev–Trinajstić information content (AvgIpc) is 3.58. The van der Waals surface area contributed by atoms with Gasteiger partial charge in [-0.25, -0.2) is 4.98 Å². The average molecular weight is 509 g/mol. The Labute approximate surface area is 217 Å². The zero-order valence-electron chi connectivity index (χ0n) is 20.5. The Kier molecular flexibility index (Phi) is 5.35. The van der Waals surface area contributed by atoms with Crippen molar-refractivity contribution in [2.75, 3.05) is 23.9 Å². The Morgan fingerprint density at radius 3 is 2.57 bits per heavy atom. The third-order valence-corrected chi connectivity index (χ3v) is 7.77. The molecule has 2 aromatic heterocycles. The first-order valence-corrected chi connectivity index (χ1v) is 12.7.